The molecule has 1 fully saturated rings. The average Bonchev–Trinajstić information content (AvgIpc) is 3.07. The molecule has 0 amide bonds. The van der Waals surface area contributed by atoms with Crippen molar-refractivity contribution in [2.45, 2.75) is 60.2 Å². The molecular formula is C25H35N5. The van der Waals surface area contributed by atoms with Gasteiger partial charge >= 0.3 is 0 Å². The van der Waals surface area contributed by atoms with Gasteiger partial charge in [-0.05, 0) is 50.5 Å². The maximum Gasteiger partial charge on any atom is 0.160 e. The second kappa shape index (κ2) is 8.86. The van der Waals surface area contributed by atoms with Crippen molar-refractivity contribution in [3.05, 3.63) is 58.5 Å². The van der Waals surface area contributed by atoms with Crippen LogP contribution in [0.3, 0.4) is 0 Å². The van der Waals surface area contributed by atoms with Gasteiger partial charge in [-0.15, -0.1) is 0 Å². The van der Waals surface area contributed by atoms with Crippen molar-refractivity contribution < 1.29 is 0 Å². The molecule has 1 saturated heterocycles. The number of piperazine rings is 1. The van der Waals surface area contributed by atoms with E-state index in [0.29, 0.717) is 6.04 Å². The molecule has 5 nitrogen and oxygen atoms in total. The Kier molecular flexibility index (Phi) is 6.21. The van der Waals surface area contributed by atoms with Gasteiger partial charge in [0, 0.05) is 50.9 Å². The third-order valence-electron chi connectivity index (χ3n) is 6.32. The first-order valence-corrected chi connectivity index (χ1v) is 11.3. The van der Waals surface area contributed by atoms with E-state index >= 15 is 0 Å². The Morgan fingerprint density at radius 3 is 2.13 bits per heavy atom. The maximum atomic E-state index is 4.87. The molecule has 2 aromatic heterocycles. The molecular weight excluding hydrogens is 370 g/mol. The molecule has 0 aliphatic carbocycles. The fourth-order valence-corrected chi connectivity index (χ4v) is 4.51. The van der Waals surface area contributed by atoms with Crippen molar-refractivity contribution in [2.24, 2.45) is 0 Å². The molecule has 0 spiro atoms. The quantitative estimate of drug-likeness (QED) is 0.616. The largest absolute Gasteiger partial charge is 0.308 e. The number of benzene rings is 1. The van der Waals surface area contributed by atoms with Crippen molar-refractivity contribution in [3.63, 3.8) is 0 Å². The Labute approximate surface area is 180 Å². The van der Waals surface area contributed by atoms with Crippen molar-refractivity contribution in [1.82, 2.24) is 24.3 Å². The molecule has 0 radical (unpaired) electrons. The van der Waals surface area contributed by atoms with Crippen molar-refractivity contribution >= 4 is 11.2 Å². The smallest absolute Gasteiger partial charge is 0.160 e. The van der Waals surface area contributed by atoms with E-state index in [1.807, 2.05) is 0 Å². The lowest BCUT2D eigenvalue weighted by Crippen LogP contribution is -2.48. The van der Waals surface area contributed by atoms with Gasteiger partial charge < -0.3 is 4.57 Å². The number of fused-ring (bicyclic) bond motifs is 1. The normalized spacial score (nSPS) is 16.1. The third-order valence-corrected chi connectivity index (χ3v) is 6.32. The summed E-state index contributed by atoms with van der Waals surface area (Å²) in [4.78, 5) is 14.8. The Hall–Kier alpha value is -2.24. The van der Waals surface area contributed by atoms with Crippen molar-refractivity contribution in [3.8, 4) is 0 Å². The van der Waals surface area contributed by atoms with Gasteiger partial charge in [-0.25, -0.2) is 9.97 Å². The highest BCUT2D eigenvalue weighted by Gasteiger charge is 2.19. The van der Waals surface area contributed by atoms with Crippen LogP contribution < -0.4 is 0 Å². The first kappa shape index (κ1) is 21.0. The van der Waals surface area contributed by atoms with Gasteiger partial charge in [0.15, 0.2) is 5.65 Å². The minimum Gasteiger partial charge on any atom is -0.308 e. The molecule has 1 aliphatic heterocycles. The summed E-state index contributed by atoms with van der Waals surface area (Å²) in [5.74, 6) is 1.11. The fourth-order valence-electron chi connectivity index (χ4n) is 4.51. The highest BCUT2D eigenvalue weighted by atomic mass is 15.3. The van der Waals surface area contributed by atoms with E-state index in [1.165, 1.54) is 29.8 Å². The minimum atomic E-state index is 0.653. The standard InChI is InChI=1S/C25H35N5/c1-6-23-27-24-19(4)15-20(5)26-25(24)30(23)17-22-9-7-21(8-10-22)16-28-11-13-29(14-12-28)18(2)3/h7-10,15,18H,6,11-14,16-17H2,1-5H3. The van der Waals surface area contributed by atoms with E-state index < -0.39 is 0 Å². The van der Waals surface area contributed by atoms with E-state index in [0.717, 1.165) is 55.3 Å². The number of nitrogens with zero attached hydrogens (tertiary/aromatic N) is 5. The molecule has 3 aromatic rings. The highest BCUT2D eigenvalue weighted by molar-refractivity contribution is 5.76. The van der Waals surface area contributed by atoms with Crippen LogP contribution in [0.2, 0.25) is 0 Å². The topological polar surface area (TPSA) is 37.2 Å². The summed E-state index contributed by atoms with van der Waals surface area (Å²) in [5, 5.41) is 0. The van der Waals surface area contributed by atoms with E-state index in [9.17, 15) is 0 Å². The number of hydrogen-bond donors (Lipinski definition) is 0. The summed E-state index contributed by atoms with van der Waals surface area (Å²) in [5.41, 5.74) is 7.01. The van der Waals surface area contributed by atoms with Gasteiger partial charge in [0.1, 0.15) is 11.3 Å². The first-order valence-electron chi connectivity index (χ1n) is 11.3. The van der Waals surface area contributed by atoms with Crippen LogP contribution in [-0.4, -0.2) is 56.6 Å². The maximum absolute atomic E-state index is 4.87. The summed E-state index contributed by atoms with van der Waals surface area (Å²) in [6.45, 7) is 17.5. The third kappa shape index (κ3) is 4.42. The molecule has 4 rings (SSSR count). The van der Waals surface area contributed by atoms with Gasteiger partial charge in [0.05, 0.1) is 6.54 Å². The summed E-state index contributed by atoms with van der Waals surface area (Å²) in [6, 6.07) is 11.9. The molecule has 30 heavy (non-hydrogen) atoms. The number of hydrogen-bond acceptors (Lipinski definition) is 4. The molecule has 160 valence electrons. The van der Waals surface area contributed by atoms with Crippen LogP contribution in [0.15, 0.2) is 30.3 Å². The van der Waals surface area contributed by atoms with Gasteiger partial charge in [0.2, 0.25) is 0 Å². The Bertz CT molecular complexity index is 995. The summed E-state index contributed by atoms with van der Waals surface area (Å²) < 4.78 is 2.29. The van der Waals surface area contributed by atoms with Gasteiger partial charge in [-0.3, -0.25) is 9.80 Å². The molecule has 0 unspecified atom stereocenters. The first-order chi connectivity index (χ1) is 14.4. The van der Waals surface area contributed by atoms with Crippen molar-refractivity contribution in [1.29, 1.82) is 0 Å². The average molecular weight is 406 g/mol. The van der Waals surface area contributed by atoms with Gasteiger partial charge in [0.25, 0.3) is 0 Å². The van der Waals surface area contributed by atoms with Gasteiger partial charge in [-0.2, -0.15) is 0 Å². The number of rotatable bonds is 6. The summed E-state index contributed by atoms with van der Waals surface area (Å²) in [7, 11) is 0. The lowest BCUT2D eigenvalue weighted by Gasteiger charge is -2.36. The zero-order chi connectivity index (χ0) is 21.3. The second-order valence-corrected chi connectivity index (χ2v) is 8.94. The molecule has 0 N–H and O–H groups in total. The zero-order valence-electron chi connectivity index (χ0n) is 19.1. The molecule has 0 atom stereocenters. The molecule has 5 heteroatoms. The molecule has 0 saturated carbocycles. The second-order valence-electron chi connectivity index (χ2n) is 8.94. The van der Waals surface area contributed by atoms with Gasteiger partial charge in [-0.1, -0.05) is 31.2 Å². The fraction of sp³-hybridized carbons (Fsp3) is 0.520. The molecule has 0 bridgehead atoms. The highest BCUT2D eigenvalue weighted by Crippen LogP contribution is 2.21. The molecule has 1 aliphatic rings. The van der Waals surface area contributed by atoms with Crippen LogP contribution in [-0.2, 0) is 19.5 Å². The van der Waals surface area contributed by atoms with Crippen LogP contribution in [0.25, 0.3) is 11.2 Å². The van der Waals surface area contributed by atoms with E-state index in [1.54, 1.807) is 0 Å². The lowest BCUT2D eigenvalue weighted by atomic mass is 10.1. The predicted molar refractivity (Wildman–Crippen MR) is 124 cm³/mol. The number of aryl methyl sites for hydroxylation is 3. The Balaban J connectivity index is 1.47. The lowest BCUT2D eigenvalue weighted by molar-refractivity contribution is 0.104. The SMILES string of the molecule is CCc1nc2c(C)cc(C)nc2n1Cc1ccc(CN2CCN(C(C)C)CC2)cc1. The van der Waals surface area contributed by atoms with Crippen LogP contribution in [0.4, 0.5) is 0 Å². The van der Waals surface area contributed by atoms with E-state index in [4.69, 9.17) is 9.97 Å². The van der Waals surface area contributed by atoms with E-state index in [2.05, 4.69) is 79.3 Å². The predicted octanol–water partition coefficient (Wildman–Crippen LogP) is 4.18. The summed E-state index contributed by atoms with van der Waals surface area (Å²) >= 11 is 0. The van der Waals surface area contributed by atoms with Crippen LogP contribution in [0, 0.1) is 13.8 Å². The minimum absolute atomic E-state index is 0.653. The Morgan fingerprint density at radius 2 is 1.53 bits per heavy atom. The molecule has 1 aromatic carbocycles. The summed E-state index contributed by atoms with van der Waals surface area (Å²) in [6.07, 6.45) is 0.912. The van der Waals surface area contributed by atoms with E-state index in [-0.39, 0.29) is 0 Å². The van der Waals surface area contributed by atoms with Crippen LogP contribution in [0.5, 0.6) is 0 Å². The number of imidazole rings is 1. The number of pyridine rings is 1. The van der Waals surface area contributed by atoms with Crippen LogP contribution in [0.1, 0.15) is 49.0 Å². The number of aromatic nitrogens is 3. The van der Waals surface area contributed by atoms with Crippen molar-refractivity contribution in [2.75, 3.05) is 26.2 Å². The van der Waals surface area contributed by atoms with Crippen LogP contribution >= 0.6 is 0 Å². The molecule has 3 heterocycles. The zero-order valence-corrected chi connectivity index (χ0v) is 19.1. The Morgan fingerprint density at radius 1 is 0.900 bits per heavy atom. The monoisotopic (exact) mass is 405 g/mol.